The van der Waals surface area contributed by atoms with Crippen LogP contribution in [0.3, 0.4) is 0 Å². The fourth-order valence-corrected chi connectivity index (χ4v) is 2.76. The van der Waals surface area contributed by atoms with Gasteiger partial charge in [-0.05, 0) is 29.8 Å². The zero-order valence-corrected chi connectivity index (χ0v) is 13.0. The molecule has 6 nitrogen and oxygen atoms in total. The van der Waals surface area contributed by atoms with Crippen LogP contribution in [0.2, 0.25) is 5.02 Å². The monoisotopic (exact) mass is 349 g/mol. The van der Waals surface area contributed by atoms with Crippen LogP contribution < -0.4 is 11.0 Å². The second-order valence-corrected chi connectivity index (χ2v) is 5.53. The molecule has 4 N–H and O–H groups in total. The first-order chi connectivity index (χ1) is 11.4. The van der Waals surface area contributed by atoms with Crippen LogP contribution in [0.15, 0.2) is 42.6 Å². The van der Waals surface area contributed by atoms with E-state index in [1.807, 2.05) is 0 Å². The molecule has 0 aliphatic carbocycles. The van der Waals surface area contributed by atoms with Crippen LogP contribution >= 0.6 is 11.6 Å². The van der Waals surface area contributed by atoms with Crippen molar-refractivity contribution in [3.63, 3.8) is 0 Å². The number of para-hydroxylation sites is 1. The van der Waals surface area contributed by atoms with Crippen LogP contribution in [0.25, 0.3) is 10.9 Å². The number of rotatable bonds is 3. The minimum absolute atomic E-state index is 0.0442. The van der Waals surface area contributed by atoms with Gasteiger partial charge in [0.15, 0.2) is 0 Å². The van der Waals surface area contributed by atoms with Gasteiger partial charge in [0.25, 0.3) is 5.91 Å². The maximum Gasteiger partial charge on any atom is 0.262 e. The van der Waals surface area contributed by atoms with Gasteiger partial charge < -0.3 is 5.73 Å². The first-order valence-corrected chi connectivity index (χ1v) is 7.32. The minimum Gasteiger partial charge on any atom is -0.326 e. The summed E-state index contributed by atoms with van der Waals surface area (Å²) >= 11 is 5.83. The molecule has 0 amide bonds. The van der Waals surface area contributed by atoms with Crippen LogP contribution in [0, 0.1) is 5.82 Å². The van der Waals surface area contributed by atoms with Crippen LogP contribution in [0.5, 0.6) is 0 Å². The highest BCUT2D eigenvalue weighted by atomic mass is 35.5. The van der Waals surface area contributed by atoms with Gasteiger partial charge in [0.1, 0.15) is 11.5 Å². The van der Waals surface area contributed by atoms with Gasteiger partial charge in [0.2, 0.25) is 0 Å². The quantitative estimate of drug-likeness (QED) is 0.632. The van der Waals surface area contributed by atoms with Crippen molar-refractivity contribution >= 4 is 34.1 Å². The molecule has 0 aliphatic rings. The maximum atomic E-state index is 14.2. The highest BCUT2D eigenvalue weighted by Gasteiger charge is 2.19. The van der Waals surface area contributed by atoms with E-state index in [9.17, 15) is 9.18 Å². The Morgan fingerprint density at radius 2 is 2.04 bits per heavy atom. The summed E-state index contributed by atoms with van der Waals surface area (Å²) in [5.41, 5.74) is 6.34. The summed E-state index contributed by atoms with van der Waals surface area (Å²) in [4.78, 5) is 12.8. The first-order valence-electron chi connectivity index (χ1n) is 6.94. The number of fused-ring (bicyclic) bond motifs is 1. The summed E-state index contributed by atoms with van der Waals surface area (Å²) in [5, 5.41) is 18.7. The van der Waals surface area contributed by atoms with Crippen LogP contribution in [-0.2, 0) is 6.54 Å². The number of aromatic nitrogens is 1. The third-order valence-electron chi connectivity index (χ3n) is 3.71. The molecule has 0 spiro atoms. The number of carbonyl (C=O) groups excluding carboxylic acids is 1. The van der Waals surface area contributed by atoms with E-state index >= 15 is 0 Å². The Morgan fingerprint density at radius 1 is 1.29 bits per heavy atom. The number of nitrogens with two attached hydrogens (primary N) is 1. The van der Waals surface area contributed by atoms with Crippen molar-refractivity contribution < 1.29 is 19.6 Å². The number of hydrogen-bond donors (Lipinski definition) is 3. The van der Waals surface area contributed by atoms with E-state index in [1.165, 1.54) is 30.5 Å². The average molecular weight is 350 g/mol. The Balaban J connectivity index is 2.18. The lowest BCUT2D eigenvalue weighted by Crippen LogP contribution is -2.15. The van der Waals surface area contributed by atoms with Gasteiger partial charge in [-0.1, -0.05) is 23.7 Å². The van der Waals surface area contributed by atoms with Crippen LogP contribution in [0.4, 0.5) is 10.1 Å². The second kappa shape index (κ2) is 6.21. The lowest BCUT2D eigenvalue weighted by atomic mass is 10.1. The summed E-state index contributed by atoms with van der Waals surface area (Å²) in [5.74, 6) is -1.11. The molecular formula is C16H13ClFN3O3. The third-order valence-corrected chi connectivity index (χ3v) is 4.03. The van der Waals surface area contributed by atoms with Gasteiger partial charge in [-0.25, -0.2) is 4.39 Å². The Hall–Kier alpha value is -2.45. The molecule has 0 saturated heterocycles. The number of carbonyl (C=O) groups is 1. The van der Waals surface area contributed by atoms with Gasteiger partial charge in [-0.3, -0.25) is 19.8 Å². The summed E-state index contributed by atoms with van der Waals surface area (Å²) in [7, 11) is 0. The van der Waals surface area contributed by atoms with Crippen LogP contribution in [-0.4, -0.2) is 20.9 Å². The Kier molecular flexibility index (Phi) is 4.25. The molecule has 0 aliphatic heterocycles. The smallest absolute Gasteiger partial charge is 0.262 e. The minimum atomic E-state index is -0.555. The van der Waals surface area contributed by atoms with Crippen molar-refractivity contribution in [3.8, 4) is 0 Å². The lowest BCUT2D eigenvalue weighted by molar-refractivity contribution is 0.0292. The van der Waals surface area contributed by atoms with E-state index in [0.29, 0.717) is 10.9 Å². The first kappa shape index (κ1) is 16.4. The molecule has 24 heavy (non-hydrogen) atoms. The van der Waals surface area contributed by atoms with Crippen molar-refractivity contribution in [2.45, 2.75) is 6.54 Å². The molecule has 0 saturated carbocycles. The van der Waals surface area contributed by atoms with E-state index in [4.69, 9.17) is 27.7 Å². The molecular weight excluding hydrogens is 337 g/mol. The zero-order valence-electron chi connectivity index (χ0n) is 12.3. The number of benzene rings is 2. The number of hydrogen-bond acceptors (Lipinski definition) is 5. The van der Waals surface area contributed by atoms with E-state index in [0.717, 1.165) is 4.57 Å². The van der Waals surface area contributed by atoms with E-state index in [2.05, 4.69) is 0 Å². The number of anilines is 1. The molecule has 3 aromatic rings. The molecule has 3 rings (SSSR count). The topological polar surface area (TPSA) is 91.7 Å². The summed E-state index contributed by atoms with van der Waals surface area (Å²) < 4.78 is 15.4. The fourth-order valence-electron chi connectivity index (χ4n) is 2.57. The number of halogens is 2. The molecule has 0 atom stereocenters. The Labute approximate surface area is 141 Å². The van der Waals surface area contributed by atoms with E-state index in [-0.39, 0.29) is 33.6 Å². The highest BCUT2D eigenvalue weighted by Crippen LogP contribution is 2.28. The predicted molar refractivity (Wildman–Crippen MR) is 87.0 cm³/mol. The van der Waals surface area contributed by atoms with Gasteiger partial charge in [0.05, 0.1) is 10.5 Å². The Bertz CT molecular complexity index is 940. The van der Waals surface area contributed by atoms with Crippen molar-refractivity contribution in [2.24, 2.45) is 5.73 Å². The maximum absolute atomic E-state index is 14.2. The average Bonchev–Trinajstić information content (AvgIpc) is 2.94. The van der Waals surface area contributed by atoms with E-state index < -0.39 is 11.7 Å². The SMILES string of the molecule is NCc1cn(C(=O)c2ccc(Cl)c(N(O)O)c2)c2c(F)cccc12. The summed E-state index contributed by atoms with van der Waals surface area (Å²) in [6, 6.07) is 8.42. The molecule has 0 radical (unpaired) electrons. The molecule has 0 fully saturated rings. The summed E-state index contributed by atoms with van der Waals surface area (Å²) in [6.07, 6.45) is 1.47. The molecule has 2 aromatic carbocycles. The summed E-state index contributed by atoms with van der Waals surface area (Å²) in [6.45, 7) is 0.146. The van der Waals surface area contributed by atoms with Crippen molar-refractivity contribution in [2.75, 3.05) is 5.23 Å². The van der Waals surface area contributed by atoms with Crippen molar-refractivity contribution in [1.82, 2.24) is 4.57 Å². The standard InChI is InChI=1S/C16H13ClFN3O3/c17-12-5-4-9(6-14(12)21(23)24)16(22)20-8-10(7-19)11-2-1-3-13(18)15(11)20/h1-6,8,23-24H,7,19H2. The molecule has 8 heteroatoms. The normalized spacial score (nSPS) is 11.0. The molecule has 0 unspecified atom stereocenters. The van der Waals surface area contributed by atoms with E-state index in [1.54, 1.807) is 12.1 Å². The number of nitrogens with zero attached hydrogens (tertiary/aromatic N) is 2. The molecule has 1 aromatic heterocycles. The van der Waals surface area contributed by atoms with Gasteiger partial charge in [-0.2, -0.15) is 0 Å². The van der Waals surface area contributed by atoms with Gasteiger partial charge in [-0.15, -0.1) is 5.23 Å². The Morgan fingerprint density at radius 3 is 2.71 bits per heavy atom. The van der Waals surface area contributed by atoms with Crippen LogP contribution in [0.1, 0.15) is 15.9 Å². The molecule has 124 valence electrons. The molecule has 1 heterocycles. The van der Waals surface area contributed by atoms with Crippen molar-refractivity contribution in [1.29, 1.82) is 0 Å². The molecule has 0 bridgehead atoms. The van der Waals surface area contributed by atoms with Gasteiger partial charge in [0, 0.05) is 23.7 Å². The fraction of sp³-hybridized carbons (Fsp3) is 0.0625. The predicted octanol–water partition coefficient (Wildman–Crippen LogP) is 3.17. The van der Waals surface area contributed by atoms with Crippen molar-refractivity contribution in [3.05, 3.63) is 64.6 Å². The third kappa shape index (κ3) is 2.63. The zero-order chi connectivity index (χ0) is 17.4. The lowest BCUT2D eigenvalue weighted by Gasteiger charge is -2.12. The largest absolute Gasteiger partial charge is 0.326 e. The highest BCUT2D eigenvalue weighted by molar-refractivity contribution is 6.33. The van der Waals surface area contributed by atoms with Gasteiger partial charge >= 0.3 is 0 Å². The second-order valence-electron chi connectivity index (χ2n) is 5.13.